The van der Waals surface area contributed by atoms with Gasteiger partial charge in [-0.05, 0) is 37.0 Å². The van der Waals surface area contributed by atoms with Crippen LogP contribution in [0.5, 0.6) is 0 Å². The van der Waals surface area contributed by atoms with E-state index in [2.05, 4.69) is 25.4 Å². The molecule has 8 nitrogen and oxygen atoms in total. The summed E-state index contributed by atoms with van der Waals surface area (Å²) in [6.07, 6.45) is 6.71. The molecule has 0 unspecified atom stereocenters. The first-order valence-corrected chi connectivity index (χ1v) is 8.25. The molecule has 8 heteroatoms. The van der Waals surface area contributed by atoms with Gasteiger partial charge < -0.3 is 10.4 Å². The van der Waals surface area contributed by atoms with Crippen LogP contribution < -0.4 is 5.32 Å². The van der Waals surface area contributed by atoms with Crippen molar-refractivity contribution in [2.75, 3.05) is 0 Å². The average Bonchev–Trinajstić information content (AvgIpc) is 3.04. The molecule has 1 atom stereocenters. The monoisotopic (exact) mass is 338 g/mol. The molecular weight excluding hydrogens is 320 g/mol. The first-order chi connectivity index (χ1) is 12.2. The zero-order valence-corrected chi connectivity index (χ0v) is 13.5. The normalized spacial score (nSPS) is 20.8. The van der Waals surface area contributed by atoms with E-state index in [-0.39, 0.29) is 29.8 Å². The van der Waals surface area contributed by atoms with Gasteiger partial charge in [0.05, 0.1) is 6.10 Å². The molecule has 0 bridgehead atoms. The van der Waals surface area contributed by atoms with E-state index in [9.17, 15) is 9.90 Å². The Bertz CT molecular complexity index is 842. The summed E-state index contributed by atoms with van der Waals surface area (Å²) >= 11 is 0. The molecule has 1 aliphatic carbocycles. The number of hydrogen-bond donors (Lipinski definition) is 2. The molecule has 0 radical (unpaired) electrons. The van der Waals surface area contributed by atoms with Crippen molar-refractivity contribution >= 4 is 11.7 Å². The molecule has 3 aromatic rings. The van der Waals surface area contributed by atoms with Crippen molar-refractivity contribution in [1.82, 2.24) is 29.9 Å². The number of aliphatic hydroxyl groups excluding tert-OH is 1. The molecule has 4 rings (SSSR count). The van der Waals surface area contributed by atoms with Gasteiger partial charge in [0.1, 0.15) is 0 Å². The van der Waals surface area contributed by atoms with Gasteiger partial charge in [0.2, 0.25) is 5.82 Å². The fraction of sp³-hybridized carbons (Fsp3) is 0.353. The van der Waals surface area contributed by atoms with Gasteiger partial charge in [0.25, 0.3) is 11.7 Å². The Morgan fingerprint density at radius 1 is 1.28 bits per heavy atom. The average molecular weight is 338 g/mol. The number of carbonyl (C=O) groups is 1. The third-order valence-corrected chi connectivity index (χ3v) is 4.51. The van der Waals surface area contributed by atoms with Crippen molar-refractivity contribution < 1.29 is 9.90 Å². The Morgan fingerprint density at radius 2 is 2.12 bits per heavy atom. The number of pyridine rings is 1. The van der Waals surface area contributed by atoms with Crippen LogP contribution in [0.1, 0.15) is 29.2 Å². The van der Waals surface area contributed by atoms with Crippen molar-refractivity contribution in [3.8, 4) is 0 Å². The summed E-state index contributed by atoms with van der Waals surface area (Å²) in [6.45, 7) is 0. The standard InChI is InChI=1S/C17H18N6O2/c24-13-8-11(9-13)14(10-12-4-1-2-5-18-12)20-16(25)15-21-17-19-6-3-7-23(17)22-15/h1-7,11,13-14,24H,8-10H2,(H,20,25)/t11?,13?,14-/m0/s1. The Labute approximate surface area is 144 Å². The summed E-state index contributed by atoms with van der Waals surface area (Å²) in [5.41, 5.74) is 0.902. The number of carbonyl (C=O) groups excluding carboxylic acids is 1. The molecule has 25 heavy (non-hydrogen) atoms. The van der Waals surface area contributed by atoms with E-state index in [1.807, 2.05) is 18.2 Å². The van der Waals surface area contributed by atoms with E-state index in [1.165, 1.54) is 4.52 Å². The molecule has 3 aromatic heterocycles. The van der Waals surface area contributed by atoms with Crippen molar-refractivity contribution in [3.05, 3.63) is 54.4 Å². The summed E-state index contributed by atoms with van der Waals surface area (Å²) in [5.74, 6) is 0.349. The predicted molar refractivity (Wildman–Crippen MR) is 88.7 cm³/mol. The lowest BCUT2D eigenvalue weighted by molar-refractivity contribution is 0.0236. The van der Waals surface area contributed by atoms with Gasteiger partial charge in [-0.2, -0.15) is 4.98 Å². The molecule has 0 aromatic carbocycles. The second kappa shape index (κ2) is 6.56. The number of aliphatic hydroxyl groups is 1. The minimum absolute atomic E-state index is 0.0876. The maximum Gasteiger partial charge on any atom is 0.291 e. The zero-order chi connectivity index (χ0) is 17.2. The first kappa shape index (κ1) is 15.6. The molecule has 1 amide bonds. The van der Waals surface area contributed by atoms with Gasteiger partial charge >= 0.3 is 0 Å². The fourth-order valence-electron chi connectivity index (χ4n) is 3.10. The van der Waals surface area contributed by atoms with Crippen LogP contribution in [0, 0.1) is 5.92 Å². The van der Waals surface area contributed by atoms with E-state index in [0.717, 1.165) is 5.69 Å². The molecular formula is C17H18N6O2. The van der Waals surface area contributed by atoms with Gasteiger partial charge in [0, 0.05) is 36.7 Å². The van der Waals surface area contributed by atoms with Crippen molar-refractivity contribution in [1.29, 1.82) is 0 Å². The van der Waals surface area contributed by atoms with Crippen molar-refractivity contribution in [2.24, 2.45) is 5.92 Å². The van der Waals surface area contributed by atoms with Crippen LogP contribution in [0.3, 0.4) is 0 Å². The van der Waals surface area contributed by atoms with E-state index >= 15 is 0 Å². The number of nitrogens with zero attached hydrogens (tertiary/aromatic N) is 5. The lowest BCUT2D eigenvalue weighted by Crippen LogP contribution is -2.48. The third kappa shape index (κ3) is 3.34. The molecule has 1 fully saturated rings. The first-order valence-electron chi connectivity index (χ1n) is 8.25. The van der Waals surface area contributed by atoms with E-state index in [1.54, 1.807) is 24.7 Å². The summed E-state index contributed by atoms with van der Waals surface area (Å²) in [7, 11) is 0. The Kier molecular flexibility index (Phi) is 4.10. The molecule has 1 aliphatic rings. The van der Waals surface area contributed by atoms with Crippen LogP contribution >= 0.6 is 0 Å². The van der Waals surface area contributed by atoms with Crippen molar-refractivity contribution in [3.63, 3.8) is 0 Å². The summed E-state index contributed by atoms with van der Waals surface area (Å²) in [6, 6.07) is 7.32. The predicted octanol–water partition coefficient (Wildman–Crippen LogP) is 0.631. The highest BCUT2D eigenvalue weighted by atomic mass is 16.3. The largest absolute Gasteiger partial charge is 0.393 e. The number of nitrogens with one attached hydrogen (secondary N) is 1. The van der Waals surface area contributed by atoms with Crippen LogP contribution in [-0.2, 0) is 6.42 Å². The number of hydrogen-bond acceptors (Lipinski definition) is 6. The highest BCUT2D eigenvalue weighted by Gasteiger charge is 2.35. The molecule has 0 saturated heterocycles. The van der Waals surface area contributed by atoms with E-state index in [4.69, 9.17) is 0 Å². The van der Waals surface area contributed by atoms with Crippen LogP contribution in [0.25, 0.3) is 5.78 Å². The van der Waals surface area contributed by atoms with E-state index < -0.39 is 0 Å². The van der Waals surface area contributed by atoms with Gasteiger partial charge in [0.15, 0.2) is 0 Å². The smallest absolute Gasteiger partial charge is 0.291 e. The van der Waals surface area contributed by atoms with Crippen LogP contribution in [-0.4, -0.2) is 47.7 Å². The van der Waals surface area contributed by atoms with Crippen LogP contribution in [0.4, 0.5) is 0 Å². The highest BCUT2D eigenvalue weighted by Crippen LogP contribution is 2.31. The van der Waals surface area contributed by atoms with Gasteiger partial charge in [-0.1, -0.05) is 6.07 Å². The topological polar surface area (TPSA) is 105 Å². The minimum atomic E-state index is -0.340. The molecule has 128 valence electrons. The van der Waals surface area contributed by atoms with Gasteiger partial charge in [-0.15, -0.1) is 5.10 Å². The number of fused-ring (bicyclic) bond motifs is 1. The van der Waals surface area contributed by atoms with Gasteiger partial charge in [-0.3, -0.25) is 9.78 Å². The van der Waals surface area contributed by atoms with Crippen LogP contribution in [0.2, 0.25) is 0 Å². The summed E-state index contributed by atoms with van der Waals surface area (Å²) in [5, 5.41) is 16.8. The second-order valence-corrected chi connectivity index (χ2v) is 6.29. The van der Waals surface area contributed by atoms with E-state index in [0.29, 0.717) is 25.0 Å². The Balaban J connectivity index is 1.51. The minimum Gasteiger partial charge on any atom is -0.393 e. The lowest BCUT2D eigenvalue weighted by atomic mass is 9.76. The quantitative estimate of drug-likeness (QED) is 0.707. The number of amides is 1. The zero-order valence-electron chi connectivity index (χ0n) is 13.5. The summed E-state index contributed by atoms with van der Waals surface area (Å²) in [4.78, 5) is 25.1. The highest BCUT2D eigenvalue weighted by molar-refractivity contribution is 5.91. The molecule has 1 saturated carbocycles. The third-order valence-electron chi connectivity index (χ3n) is 4.51. The fourth-order valence-corrected chi connectivity index (χ4v) is 3.10. The Morgan fingerprint density at radius 3 is 2.84 bits per heavy atom. The number of aromatic nitrogens is 5. The maximum absolute atomic E-state index is 12.6. The maximum atomic E-state index is 12.6. The Hall–Kier alpha value is -2.87. The van der Waals surface area contributed by atoms with Crippen molar-refractivity contribution in [2.45, 2.75) is 31.4 Å². The SMILES string of the molecule is O=C(N[C@@H](Cc1ccccn1)C1CC(O)C1)c1nc2ncccn2n1. The molecule has 3 heterocycles. The number of rotatable bonds is 5. The molecule has 0 spiro atoms. The molecule has 2 N–H and O–H groups in total. The second-order valence-electron chi connectivity index (χ2n) is 6.29. The molecule has 0 aliphatic heterocycles. The summed E-state index contributed by atoms with van der Waals surface area (Å²) < 4.78 is 1.47. The lowest BCUT2D eigenvalue weighted by Gasteiger charge is -2.37. The van der Waals surface area contributed by atoms with Gasteiger partial charge in [-0.25, -0.2) is 9.50 Å². The van der Waals surface area contributed by atoms with Crippen LogP contribution in [0.15, 0.2) is 42.9 Å².